The molecule has 1 aromatic carbocycles. The quantitative estimate of drug-likeness (QED) is 0.511. The Morgan fingerprint density at radius 1 is 1.33 bits per heavy atom. The van der Waals surface area contributed by atoms with Crippen LogP contribution in [0.1, 0.15) is 43.5 Å². The maximum absolute atomic E-state index is 6.32. The number of rotatable bonds is 6. The van der Waals surface area contributed by atoms with Crippen LogP contribution < -0.4 is 4.74 Å². The molecule has 0 unspecified atom stereocenters. The van der Waals surface area contributed by atoms with E-state index in [1.807, 2.05) is 18.2 Å². The molecule has 0 fully saturated rings. The Morgan fingerprint density at radius 3 is 2.80 bits per heavy atom. The molecule has 0 N–H and O–H groups in total. The van der Waals surface area contributed by atoms with Crippen molar-refractivity contribution >= 4 is 11.6 Å². The summed E-state index contributed by atoms with van der Waals surface area (Å²) in [5.74, 6) is 0.883. The van der Waals surface area contributed by atoms with Gasteiger partial charge in [0.1, 0.15) is 5.75 Å². The van der Waals surface area contributed by atoms with Crippen LogP contribution in [0, 0.1) is 0 Å². The molecule has 0 bridgehead atoms. The van der Waals surface area contributed by atoms with Crippen molar-refractivity contribution in [2.75, 3.05) is 7.11 Å². The summed E-state index contributed by atoms with van der Waals surface area (Å²) in [6.07, 6.45) is 4.74. The Hall–Kier alpha value is -0.690. The number of methoxy groups -OCH3 is 1. The van der Waals surface area contributed by atoms with E-state index in [-0.39, 0.29) is 5.38 Å². The smallest absolute Gasteiger partial charge is 0.119 e. The van der Waals surface area contributed by atoms with Gasteiger partial charge in [-0.15, -0.1) is 11.6 Å². The van der Waals surface area contributed by atoms with Gasteiger partial charge in [-0.05, 0) is 24.1 Å². The number of halogens is 1. The molecular weight excluding hydrogens is 208 g/mol. The lowest BCUT2D eigenvalue weighted by Crippen LogP contribution is -1.92. The van der Waals surface area contributed by atoms with E-state index in [4.69, 9.17) is 16.3 Å². The van der Waals surface area contributed by atoms with Crippen molar-refractivity contribution in [1.29, 1.82) is 0 Å². The van der Waals surface area contributed by atoms with Crippen LogP contribution in [0.2, 0.25) is 0 Å². The van der Waals surface area contributed by atoms with E-state index in [9.17, 15) is 0 Å². The van der Waals surface area contributed by atoms with Gasteiger partial charge in [0, 0.05) is 0 Å². The first-order chi connectivity index (χ1) is 7.27. The van der Waals surface area contributed by atoms with Crippen LogP contribution in [0.3, 0.4) is 0 Å². The summed E-state index contributed by atoms with van der Waals surface area (Å²) < 4.78 is 5.17. The Balaban J connectivity index is 2.52. The average Bonchev–Trinajstić information content (AvgIpc) is 2.29. The van der Waals surface area contributed by atoms with Gasteiger partial charge >= 0.3 is 0 Å². The van der Waals surface area contributed by atoms with Crippen LogP contribution in [0.4, 0.5) is 0 Å². The SMILES string of the molecule is CCCCC[C@H](Cl)c1cccc(OC)c1. The van der Waals surface area contributed by atoms with Crippen LogP contribution in [0.5, 0.6) is 5.75 Å². The minimum absolute atomic E-state index is 0.117. The molecule has 1 rings (SSSR count). The largest absolute Gasteiger partial charge is 0.497 e. The van der Waals surface area contributed by atoms with Gasteiger partial charge < -0.3 is 4.74 Å². The normalized spacial score (nSPS) is 12.5. The van der Waals surface area contributed by atoms with Crippen molar-refractivity contribution in [3.05, 3.63) is 29.8 Å². The molecule has 0 radical (unpaired) electrons. The van der Waals surface area contributed by atoms with Crippen molar-refractivity contribution in [2.24, 2.45) is 0 Å². The first-order valence-electron chi connectivity index (χ1n) is 5.56. The van der Waals surface area contributed by atoms with Gasteiger partial charge in [0.15, 0.2) is 0 Å². The molecule has 0 aliphatic rings. The zero-order valence-corrected chi connectivity index (χ0v) is 10.3. The molecule has 0 amide bonds. The molecule has 84 valence electrons. The standard InChI is InChI=1S/C13H19ClO/c1-3-4-5-9-13(14)11-7-6-8-12(10-11)15-2/h6-8,10,13H,3-5,9H2,1-2H3/t13-/m0/s1. The topological polar surface area (TPSA) is 9.23 Å². The second-order valence-electron chi connectivity index (χ2n) is 3.74. The van der Waals surface area contributed by atoms with E-state index in [1.165, 1.54) is 19.3 Å². The fourth-order valence-corrected chi connectivity index (χ4v) is 1.87. The Labute approximate surface area is 97.4 Å². The number of benzene rings is 1. The summed E-state index contributed by atoms with van der Waals surface area (Å²) in [5, 5.41) is 0.117. The second-order valence-corrected chi connectivity index (χ2v) is 4.27. The summed E-state index contributed by atoms with van der Waals surface area (Å²) in [4.78, 5) is 0. The van der Waals surface area contributed by atoms with E-state index < -0.39 is 0 Å². The lowest BCUT2D eigenvalue weighted by atomic mass is 10.1. The lowest BCUT2D eigenvalue weighted by Gasteiger charge is -2.10. The van der Waals surface area contributed by atoms with Crippen LogP contribution in [-0.4, -0.2) is 7.11 Å². The van der Waals surface area contributed by atoms with Crippen LogP contribution in [0.25, 0.3) is 0 Å². The van der Waals surface area contributed by atoms with Gasteiger partial charge in [-0.3, -0.25) is 0 Å². The monoisotopic (exact) mass is 226 g/mol. The van der Waals surface area contributed by atoms with Crippen molar-refractivity contribution < 1.29 is 4.74 Å². The minimum atomic E-state index is 0.117. The number of hydrogen-bond acceptors (Lipinski definition) is 1. The highest BCUT2D eigenvalue weighted by Crippen LogP contribution is 2.28. The number of unbranched alkanes of at least 4 members (excludes halogenated alkanes) is 2. The van der Waals surface area contributed by atoms with Crippen LogP contribution in [0.15, 0.2) is 24.3 Å². The predicted octanol–water partition coefficient (Wildman–Crippen LogP) is 4.56. The van der Waals surface area contributed by atoms with Gasteiger partial charge in [0.05, 0.1) is 12.5 Å². The number of ether oxygens (including phenoxy) is 1. The third-order valence-corrected chi connectivity index (χ3v) is 2.99. The Kier molecular flexibility index (Phi) is 5.56. The number of hydrogen-bond donors (Lipinski definition) is 0. The van der Waals surface area contributed by atoms with E-state index in [0.717, 1.165) is 17.7 Å². The molecule has 1 aromatic rings. The van der Waals surface area contributed by atoms with Gasteiger partial charge in [0.2, 0.25) is 0 Å². The fourth-order valence-electron chi connectivity index (χ4n) is 1.58. The van der Waals surface area contributed by atoms with E-state index in [0.29, 0.717) is 0 Å². The molecule has 0 aliphatic heterocycles. The summed E-state index contributed by atoms with van der Waals surface area (Å²) in [7, 11) is 1.68. The molecule has 0 aromatic heterocycles. The first-order valence-corrected chi connectivity index (χ1v) is 5.99. The van der Waals surface area contributed by atoms with Gasteiger partial charge in [0.25, 0.3) is 0 Å². The Morgan fingerprint density at radius 2 is 2.13 bits per heavy atom. The predicted molar refractivity (Wildman–Crippen MR) is 65.7 cm³/mol. The highest BCUT2D eigenvalue weighted by molar-refractivity contribution is 6.20. The summed E-state index contributed by atoms with van der Waals surface area (Å²) >= 11 is 6.32. The second kappa shape index (κ2) is 6.73. The molecule has 2 heteroatoms. The molecule has 1 atom stereocenters. The summed E-state index contributed by atoms with van der Waals surface area (Å²) in [5.41, 5.74) is 1.16. The van der Waals surface area contributed by atoms with Gasteiger partial charge in [-0.1, -0.05) is 38.3 Å². The van der Waals surface area contributed by atoms with Crippen molar-refractivity contribution in [1.82, 2.24) is 0 Å². The van der Waals surface area contributed by atoms with Crippen LogP contribution in [-0.2, 0) is 0 Å². The van der Waals surface area contributed by atoms with E-state index in [2.05, 4.69) is 13.0 Å². The van der Waals surface area contributed by atoms with Crippen LogP contribution >= 0.6 is 11.6 Å². The van der Waals surface area contributed by atoms with Crippen molar-refractivity contribution in [2.45, 2.75) is 38.0 Å². The van der Waals surface area contributed by atoms with Gasteiger partial charge in [-0.2, -0.15) is 0 Å². The average molecular weight is 227 g/mol. The number of alkyl halides is 1. The van der Waals surface area contributed by atoms with E-state index >= 15 is 0 Å². The molecule has 15 heavy (non-hydrogen) atoms. The van der Waals surface area contributed by atoms with Gasteiger partial charge in [-0.25, -0.2) is 0 Å². The first kappa shape index (κ1) is 12.4. The Bertz CT molecular complexity index is 286. The highest BCUT2D eigenvalue weighted by atomic mass is 35.5. The molecule has 0 aliphatic carbocycles. The zero-order valence-electron chi connectivity index (χ0n) is 9.50. The summed E-state index contributed by atoms with van der Waals surface area (Å²) in [6, 6.07) is 8.01. The fraction of sp³-hybridized carbons (Fsp3) is 0.538. The maximum atomic E-state index is 6.32. The maximum Gasteiger partial charge on any atom is 0.119 e. The molecule has 0 saturated carbocycles. The molecular formula is C13H19ClO. The lowest BCUT2D eigenvalue weighted by molar-refractivity contribution is 0.414. The van der Waals surface area contributed by atoms with Crippen molar-refractivity contribution in [3.8, 4) is 5.75 Å². The highest BCUT2D eigenvalue weighted by Gasteiger charge is 2.07. The molecule has 0 saturated heterocycles. The third kappa shape index (κ3) is 4.13. The molecule has 1 nitrogen and oxygen atoms in total. The summed E-state index contributed by atoms with van der Waals surface area (Å²) in [6.45, 7) is 2.20. The zero-order chi connectivity index (χ0) is 11.1. The van der Waals surface area contributed by atoms with Crippen molar-refractivity contribution in [3.63, 3.8) is 0 Å². The molecule has 0 spiro atoms. The third-order valence-electron chi connectivity index (χ3n) is 2.52. The molecule has 0 heterocycles. The van der Waals surface area contributed by atoms with E-state index in [1.54, 1.807) is 7.11 Å². The minimum Gasteiger partial charge on any atom is -0.497 e.